The molecule has 0 aromatic heterocycles. The van der Waals surface area contributed by atoms with Crippen LogP contribution in [0.2, 0.25) is 0 Å². The molecule has 1 heterocycles. The van der Waals surface area contributed by atoms with E-state index in [2.05, 4.69) is 5.32 Å². The number of urea groups is 1. The predicted octanol–water partition coefficient (Wildman–Crippen LogP) is 0.110. The number of carbonyl (C=O) groups is 1. The Hall–Kier alpha value is -0.920. The van der Waals surface area contributed by atoms with Crippen molar-refractivity contribution < 1.29 is 14.3 Å². The largest absolute Gasteiger partial charge is 0.393 e. The van der Waals surface area contributed by atoms with Crippen LogP contribution in [0.5, 0.6) is 0 Å². The van der Waals surface area contributed by atoms with Crippen LogP contribution >= 0.6 is 12.2 Å². The van der Waals surface area contributed by atoms with Gasteiger partial charge >= 0.3 is 6.03 Å². The van der Waals surface area contributed by atoms with E-state index in [1.165, 1.54) is 0 Å². The second-order valence-electron chi connectivity index (χ2n) is 4.21. The molecule has 0 saturated carbocycles. The van der Waals surface area contributed by atoms with E-state index in [-0.39, 0.29) is 12.1 Å². The molecular formula is C11H21N3O3S. The summed E-state index contributed by atoms with van der Waals surface area (Å²) in [5.41, 5.74) is 5.45. The van der Waals surface area contributed by atoms with E-state index in [0.717, 1.165) is 6.42 Å². The van der Waals surface area contributed by atoms with Crippen LogP contribution in [0.1, 0.15) is 12.8 Å². The highest BCUT2D eigenvalue weighted by Crippen LogP contribution is 2.04. The Morgan fingerprint density at radius 2 is 2.39 bits per heavy atom. The number of amides is 2. The normalized spacial score (nSPS) is 18.6. The fourth-order valence-corrected chi connectivity index (χ4v) is 1.77. The van der Waals surface area contributed by atoms with Crippen molar-refractivity contribution >= 4 is 23.2 Å². The Morgan fingerprint density at radius 1 is 1.61 bits per heavy atom. The van der Waals surface area contributed by atoms with Gasteiger partial charge in [0.1, 0.15) is 0 Å². The third-order valence-electron chi connectivity index (χ3n) is 2.74. The number of carbonyl (C=O) groups excluding carboxylic acids is 1. The molecule has 0 bridgehead atoms. The quantitative estimate of drug-likeness (QED) is 0.645. The van der Waals surface area contributed by atoms with E-state index in [0.29, 0.717) is 44.3 Å². The first-order valence-corrected chi connectivity index (χ1v) is 6.44. The van der Waals surface area contributed by atoms with Gasteiger partial charge in [-0.15, -0.1) is 0 Å². The number of thiocarbonyl (C=S) groups is 1. The van der Waals surface area contributed by atoms with Gasteiger partial charge in [-0.3, -0.25) is 0 Å². The van der Waals surface area contributed by atoms with Crippen LogP contribution in [-0.4, -0.2) is 62.0 Å². The maximum absolute atomic E-state index is 12.0. The standard InChI is InChI=1S/C11H21N3O3S/c1-16-7-5-14(4-2-10(12)18)11(15)13-9-3-6-17-8-9/h9H,2-8H2,1H3,(H2,12,18)(H,13,15). The highest BCUT2D eigenvalue weighted by molar-refractivity contribution is 7.80. The van der Waals surface area contributed by atoms with Crippen molar-refractivity contribution in [2.75, 3.05) is 40.0 Å². The van der Waals surface area contributed by atoms with Gasteiger partial charge in [-0.2, -0.15) is 0 Å². The molecule has 0 spiro atoms. The molecule has 1 atom stereocenters. The smallest absolute Gasteiger partial charge is 0.317 e. The molecule has 3 N–H and O–H groups in total. The van der Waals surface area contributed by atoms with Gasteiger partial charge in [-0.05, 0) is 6.42 Å². The van der Waals surface area contributed by atoms with Crippen LogP contribution in [-0.2, 0) is 9.47 Å². The minimum Gasteiger partial charge on any atom is -0.393 e. The Labute approximate surface area is 113 Å². The summed E-state index contributed by atoms with van der Waals surface area (Å²) >= 11 is 4.82. The zero-order valence-corrected chi connectivity index (χ0v) is 11.5. The third-order valence-corrected chi connectivity index (χ3v) is 2.94. The van der Waals surface area contributed by atoms with Crippen LogP contribution in [0.25, 0.3) is 0 Å². The maximum atomic E-state index is 12.0. The van der Waals surface area contributed by atoms with Crippen molar-refractivity contribution in [3.05, 3.63) is 0 Å². The molecule has 7 heteroatoms. The van der Waals surface area contributed by atoms with E-state index in [4.69, 9.17) is 27.4 Å². The Bertz CT molecular complexity index is 283. The van der Waals surface area contributed by atoms with Crippen molar-refractivity contribution in [3.63, 3.8) is 0 Å². The van der Waals surface area contributed by atoms with Crippen molar-refractivity contribution in [1.29, 1.82) is 0 Å². The van der Waals surface area contributed by atoms with E-state index in [1.807, 2.05) is 0 Å². The Morgan fingerprint density at radius 3 is 2.94 bits per heavy atom. The molecular weight excluding hydrogens is 254 g/mol. The van der Waals surface area contributed by atoms with Gasteiger partial charge in [-0.1, -0.05) is 12.2 Å². The van der Waals surface area contributed by atoms with Gasteiger partial charge in [0.2, 0.25) is 0 Å². The molecule has 1 rings (SSSR count). The zero-order valence-electron chi connectivity index (χ0n) is 10.7. The molecule has 0 radical (unpaired) electrons. The molecule has 1 aliphatic rings. The highest BCUT2D eigenvalue weighted by atomic mass is 32.1. The highest BCUT2D eigenvalue weighted by Gasteiger charge is 2.21. The third kappa shape index (κ3) is 5.61. The first kappa shape index (κ1) is 15.1. The summed E-state index contributed by atoms with van der Waals surface area (Å²) in [7, 11) is 1.61. The van der Waals surface area contributed by atoms with Crippen molar-refractivity contribution in [2.45, 2.75) is 18.9 Å². The summed E-state index contributed by atoms with van der Waals surface area (Å²) in [6.45, 7) is 2.82. The van der Waals surface area contributed by atoms with Crippen LogP contribution in [0.3, 0.4) is 0 Å². The van der Waals surface area contributed by atoms with Crippen LogP contribution in [0.15, 0.2) is 0 Å². The number of nitrogens with zero attached hydrogens (tertiary/aromatic N) is 1. The summed E-state index contributed by atoms with van der Waals surface area (Å²) in [6, 6.07) is -0.00817. The number of hydrogen-bond donors (Lipinski definition) is 2. The van der Waals surface area contributed by atoms with Gasteiger partial charge in [0, 0.05) is 33.2 Å². The average Bonchev–Trinajstić information content (AvgIpc) is 2.81. The number of rotatable bonds is 7. The lowest BCUT2D eigenvalue weighted by molar-refractivity contribution is 0.146. The number of methoxy groups -OCH3 is 1. The second-order valence-corrected chi connectivity index (χ2v) is 4.73. The number of nitrogens with one attached hydrogen (secondary N) is 1. The molecule has 0 aromatic rings. The molecule has 0 aliphatic carbocycles. The monoisotopic (exact) mass is 275 g/mol. The van der Waals surface area contributed by atoms with E-state index < -0.39 is 0 Å². The van der Waals surface area contributed by atoms with E-state index in [9.17, 15) is 4.79 Å². The molecule has 0 aromatic carbocycles. The van der Waals surface area contributed by atoms with Crippen LogP contribution in [0, 0.1) is 0 Å². The van der Waals surface area contributed by atoms with Gasteiger partial charge in [0.25, 0.3) is 0 Å². The molecule has 1 saturated heterocycles. The summed E-state index contributed by atoms with van der Waals surface area (Å²) in [5, 5.41) is 2.93. The topological polar surface area (TPSA) is 76.8 Å². The first-order chi connectivity index (χ1) is 8.63. The maximum Gasteiger partial charge on any atom is 0.317 e. The molecule has 6 nitrogen and oxygen atoms in total. The average molecular weight is 275 g/mol. The fraction of sp³-hybridized carbons (Fsp3) is 0.818. The van der Waals surface area contributed by atoms with Crippen molar-refractivity contribution in [1.82, 2.24) is 10.2 Å². The molecule has 1 fully saturated rings. The first-order valence-electron chi connectivity index (χ1n) is 6.04. The SMILES string of the molecule is COCCN(CCC(N)=S)C(=O)NC1CCOC1. The lowest BCUT2D eigenvalue weighted by Crippen LogP contribution is -2.47. The predicted molar refractivity (Wildman–Crippen MR) is 72.6 cm³/mol. The second kappa shape index (κ2) is 8.23. The van der Waals surface area contributed by atoms with Crippen LogP contribution in [0.4, 0.5) is 4.79 Å². The number of nitrogens with two attached hydrogens (primary N) is 1. The van der Waals surface area contributed by atoms with E-state index in [1.54, 1.807) is 12.0 Å². The Balaban J connectivity index is 2.40. The summed E-state index contributed by atoms with van der Waals surface area (Å²) in [6.07, 6.45) is 1.38. The molecule has 1 unspecified atom stereocenters. The van der Waals surface area contributed by atoms with Gasteiger partial charge in [0.15, 0.2) is 0 Å². The fourth-order valence-electron chi connectivity index (χ4n) is 1.68. The van der Waals surface area contributed by atoms with E-state index >= 15 is 0 Å². The lowest BCUT2D eigenvalue weighted by Gasteiger charge is -2.24. The zero-order chi connectivity index (χ0) is 13.4. The number of hydrogen-bond acceptors (Lipinski definition) is 4. The number of ether oxygens (including phenoxy) is 2. The lowest BCUT2D eigenvalue weighted by atomic mass is 10.3. The molecule has 2 amide bonds. The van der Waals surface area contributed by atoms with Gasteiger partial charge in [-0.25, -0.2) is 4.79 Å². The summed E-state index contributed by atoms with van der Waals surface area (Å²) < 4.78 is 10.2. The van der Waals surface area contributed by atoms with Crippen molar-refractivity contribution in [3.8, 4) is 0 Å². The summed E-state index contributed by atoms with van der Waals surface area (Å²) in [4.78, 5) is 14.1. The Kier molecular flexibility index (Phi) is 6.92. The minimum absolute atomic E-state index is 0.104. The van der Waals surface area contributed by atoms with Crippen LogP contribution < -0.4 is 11.1 Å². The molecule has 104 valence electrons. The molecule has 1 aliphatic heterocycles. The molecule has 18 heavy (non-hydrogen) atoms. The summed E-state index contributed by atoms with van der Waals surface area (Å²) in [5.74, 6) is 0. The van der Waals surface area contributed by atoms with Gasteiger partial charge in [0.05, 0.1) is 24.2 Å². The van der Waals surface area contributed by atoms with Gasteiger partial charge < -0.3 is 25.4 Å². The van der Waals surface area contributed by atoms with Crippen molar-refractivity contribution in [2.24, 2.45) is 5.73 Å². The minimum atomic E-state index is -0.112.